The highest BCUT2D eigenvalue weighted by Gasteiger charge is 2.09. The van der Waals surface area contributed by atoms with E-state index in [1.165, 1.54) is 0 Å². The molecule has 0 saturated heterocycles. The number of rotatable bonds is 4. The summed E-state index contributed by atoms with van der Waals surface area (Å²) >= 11 is 3.36. The van der Waals surface area contributed by atoms with Gasteiger partial charge in [0.15, 0.2) is 0 Å². The van der Waals surface area contributed by atoms with Gasteiger partial charge in [0.05, 0.1) is 11.2 Å². The Morgan fingerprint density at radius 3 is 3.06 bits per heavy atom. The number of carbonyl (C=O) groups is 1. The van der Waals surface area contributed by atoms with E-state index in [0.29, 0.717) is 0 Å². The minimum atomic E-state index is -0.330. The Hall–Kier alpha value is -1.69. The van der Waals surface area contributed by atoms with E-state index in [1.807, 2.05) is 19.1 Å². The van der Waals surface area contributed by atoms with E-state index in [2.05, 4.69) is 31.2 Å². The molecule has 0 fully saturated rings. The molecule has 1 unspecified atom stereocenters. The Morgan fingerprint density at radius 1 is 1.56 bits per heavy atom. The number of fused-ring (bicyclic) bond motifs is 1. The highest BCUT2D eigenvalue weighted by molar-refractivity contribution is 9.10. The molecule has 0 spiro atoms. The van der Waals surface area contributed by atoms with Crippen LogP contribution in [-0.2, 0) is 4.79 Å². The number of hydrogen-bond donors (Lipinski definition) is 2. The second-order valence-corrected chi connectivity index (χ2v) is 5.01. The summed E-state index contributed by atoms with van der Waals surface area (Å²) in [7, 11) is 0. The number of hydrogen-bond acceptors (Lipinski definition) is 4. The Bertz CT molecular complexity index is 587. The molecule has 94 valence electrons. The molecule has 2 aromatic heterocycles. The Balaban J connectivity index is 2.30. The number of carbonyl (C=O) groups excluding carboxylic acids is 1. The first-order valence-corrected chi connectivity index (χ1v) is 6.30. The number of nitrogens with two attached hydrogens (primary N) is 1. The first-order valence-electron chi connectivity index (χ1n) is 5.51. The minimum absolute atomic E-state index is 0.0430. The smallest absolute Gasteiger partial charge is 0.219 e. The van der Waals surface area contributed by atoms with Crippen molar-refractivity contribution in [2.24, 2.45) is 5.73 Å². The largest absolute Gasteiger partial charge is 0.380 e. The molecule has 2 aromatic rings. The summed E-state index contributed by atoms with van der Waals surface area (Å²) in [5.41, 5.74) is 7.58. The highest BCUT2D eigenvalue weighted by Crippen LogP contribution is 2.22. The molecule has 3 N–H and O–H groups in total. The van der Waals surface area contributed by atoms with Crippen LogP contribution in [0.1, 0.15) is 13.3 Å². The number of aromatic nitrogens is 2. The van der Waals surface area contributed by atoms with Gasteiger partial charge in [0.2, 0.25) is 5.91 Å². The van der Waals surface area contributed by atoms with Gasteiger partial charge in [-0.3, -0.25) is 14.8 Å². The zero-order valence-electron chi connectivity index (χ0n) is 9.85. The number of primary amides is 1. The van der Waals surface area contributed by atoms with Gasteiger partial charge in [-0.1, -0.05) is 0 Å². The fraction of sp³-hybridized carbons (Fsp3) is 0.250. The van der Waals surface area contributed by atoms with Crippen LogP contribution in [0.4, 0.5) is 5.69 Å². The molecule has 0 saturated carbocycles. The molecule has 0 aliphatic carbocycles. The lowest BCUT2D eigenvalue weighted by atomic mass is 10.2. The van der Waals surface area contributed by atoms with Crippen LogP contribution >= 0.6 is 15.9 Å². The molecule has 5 nitrogen and oxygen atoms in total. The maximum Gasteiger partial charge on any atom is 0.219 e. The molecule has 0 aromatic carbocycles. The van der Waals surface area contributed by atoms with Crippen LogP contribution < -0.4 is 11.1 Å². The molecular weight excluding hydrogens is 296 g/mol. The number of halogens is 1. The van der Waals surface area contributed by atoms with Gasteiger partial charge in [0.25, 0.3) is 0 Å². The highest BCUT2D eigenvalue weighted by atomic mass is 79.9. The molecule has 18 heavy (non-hydrogen) atoms. The molecule has 0 aliphatic heterocycles. The summed E-state index contributed by atoms with van der Waals surface area (Å²) < 4.78 is 0.879. The van der Waals surface area contributed by atoms with Crippen molar-refractivity contribution in [1.29, 1.82) is 0 Å². The predicted octanol–water partition coefficient (Wildman–Crippen LogP) is 2.07. The second-order valence-electron chi connectivity index (χ2n) is 4.10. The lowest BCUT2D eigenvalue weighted by molar-refractivity contribution is -0.118. The molecule has 0 aliphatic rings. The van der Waals surface area contributed by atoms with Crippen molar-refractivity contribution in [2.75, 3.05) is 5.32 Å². The quantitative estimate of drug-likeness (QED) is 0.906. The first-order chi connectivity index (χ1) is 8.56. The van der Waals surface area contributed by atoms with E-state index in [-0.39, 0.29) is 18.4 Å². The SMILES string of the molecule is CC(CC(N)=O)Nc1ccnc2cc(Br)cnc12. The summed E-state index contributed by atoms with van der Waals surface area (Å²) in [4.78, 5) is 19.4. The monoisotopic (exact) mass is 308 g/mol. The van der Waals surface area contributed by atoms with Crippen molar-refractivity contribution >= 4 is 38.6 Å². The summed E-state index contributed by atoms with van der Waals surface area (Å²) in [5, 5.41) is 3.22. The standard InChI is InChI=1S/C12H13BrN4O/c1-7(4-11(14)18)17-9-2-3-15-10-5-8(13)6-16-12(9)10/h2-3,5-7H,4H2,1H3,(H2,14,18)(H,15,17). The lowest BCUT2D eigenvalue weighted by Gasteiger charge is -2.14. The fourth-order valence-electron chi connectivity index (χ4n) is 1.74. The van der Waals surface area contributed by atoms with Gasteiger partial charge in [-0.05, 0) is 35.0 Å². The van der Waals surface area contributed by atoms with E-state index < -0.39 is 0 Å². The van der Waals surface area contributed by atoms with Gasteiger partial charge in [0, 0.05) is 29.3 Å². The third kappa shape index (κ3) is 2.95. The molecule has 2 heterocycles. The third-order valence-electron chi connectivity index (χ3n) is 2.45. The van der Waals surface area contributed by atoms with Gasteiger partial charge in [0.1, 0.15) is 5.52 Å². The predicted molar refractivity (Wildman–Crippen MR) is 74.1 cm³/mol. The van der Waals surface area contributed by atoms with Crippen molar-refractivity contribution in [1.82, 2.24) is 9.97 Å². The van der Waals surface area contributed by atoms with E-state index in [0.717, 1.165) is 21.2 Å². The molecule has 6 heteroatoms. The first kappa shape index (κ1) is 12.8. The van der Waals surface area contributed by atoms with Gasteiger partial charge in [-0.25, -0.2) is 0 Å². The van der Waals surface area contributed by atoms with E-state index >= 15 is 0 Å². The minimum Gasteiger partial charge on any atom is -0.380 e. The molecule has 0 radical (unpaired) electrons. The number of anilines is 1. The average molecular weight is 309 g/mol. The van der Waals surface area contributed by atoms with Crippen molar-refractivity contribution < 1.29 is 4.79 Å². The zero-order chi connectivity index (χ0) is 13.1. The van der Waals surface area contributed by atoms with Crippen molar-refractivity contribution in [3.05, 3.63) is 29.0 Å². The summed E-state index contributed by atoms with van der Waals surface area (Å²) in [5.74, 6) is -0.330. The zero-order valence-corrected chi connectivity index (χ0v) is 11.4. The normalized spacial score (nSPS) is 12.3. The van der Waals surface area contributed by atoms with Crippen LogP contribution in [0.15, 0.2) is 29.0 Å². The lowest BCUT2D eigenvalue weighted by Crippen LogP contribution is -2.24. The fourth-order valence-corrected chi connectivity index (χ4v) is 2.06. The van der Waals surface area contributed by atoms with Crippen LogP contribution in [0.5, 0.6) is 0 Å². The Morgan fingerprint density at radius 2 is 2.33 bits per heavy atom. The summed E-state index contributed by atoms with van der Waals surface area (Å²) in [6, 6.07) is 3.69. The Labute approximate surface area is 113 Å². The van der Waals surface area contributed by atoms with Gasteiger partial charge >= 0.3 is 0 Å². The van der Waals surface area contributed by atoms with E-state index in [4.69, 9.17) is 5.73 Å². The maximum absolute atomic E-state index is 10.9. The maximum atomic E-state index is 10.9. The molecule has 0 bridgehead atoms. The topological polar surface area (TPSA) is 80.9 Å². The summed E-state index contributed by atoms with van der Waals surface area (Å²) in [6.07, 6.45) is 3.70. The molecule has 1 atom stereocenters. The summed E-state index contributed by atoms with van der Waals surface area (Å²) in [6.45, 7) is 1.90. The van der Waals surface area contributed by atoms with E-state index in [1.54, 1.807) is 12.4 Å². The van der Waals surface area contributed by atoms with Gasteiger partial charge in [-0.2, -0.15) is 0 Å². The number of nitrogens with one attached hydrogen (secondary N) is 1. The second kappa shape index (κ2) is 5.30. The Kier molecular flexibility index (Phi) is 3.76. The molecular formula is C12H13BrN4O. The molecule has 2 rings (SSSR count). The van der Waals surface area contributed by atoms with Crippen molar-refractivity contribution in [3.63, 3.8) is 0 Å². The van der Waals surface area contributed by atoms with Crippen molar-refractivity contribution in [3.8, 4) is 0 Å². The third-order valence-corrected chi connectivity index (χ3v) is 2.89. The van der Waals surface area contributed by atoms with Crippen LogP contribution in [-0.4, -0.2) is 21.9 Å². The van der Waals surface area contributed by atoms with Gasteiger partial charge < -0.3 is 11.1 Å². The molecule has 1 amide bonds. The number of pyridine rings is 2. The van der Waals surface area contributed by atoms with Crippen LogP contribution in [0.2, 0.25) is 0 Å². The van der Waals surface area contributed by atoms with Gasteiger partial charge in [-0.15, -0.1) is 0 Å². The number of nitrogens with zero attached hydrogens (tertiary/aromatic N) is 2. The van der Waals surface area contributed by atoms with Crippen LogP contribution in [0.3, 0.4) is 0 Å². The van der Waals surface area contributed by atoms with Crippen molar-refractivity contribution in [2.45, 2.75) is 19.4 Å². The van der Waals surface area contributed by atoms with Crippen LogP contribution in [0, 0.1) is 0 Å². The number of amides is 1. The van der Waals surface area contributed by atoms with Crippen LogP contribution in [0.25, 0.3) is 11.0 Å². The van der Waals surface area contributed by atoms with E-state index in [9.17, 15) is 4.79 Å². The average Bonchev–Trinajstić information content (AvgIpc) is 2.27.